The molecule has 15 heavy (non-hydrogen) atoms. The Kier molecular flexibility index (Phi) is 2.19. The van der Waals surface area contributed by atoms with Crippen LogP contribution < -0.4 is 10.8 Å². The SMILES string of the molecule is N#Cc1cc2c(cc1B(O)O)C(=O)NC2. The minimum absolute atomic E-state index is 0.0632. The maximum absolute atomic E-state index is 11.3. The number of nitrogens with zero attached hydrogens (tertiary/aromatic N) is 1. The van der Waals surface area contributed by atoms with Gasteiger partial charge in [-0.05, 0) is 17.7 Å². The standard InChI is InChI=1S/C9H7BN2O3/c11-3-5-1-6-4-12-9(13)7(6)2-8(5)10(14)15/h1-2,14-15H,4H2,(H,12,13). The molecule has 0 saturated heterocycles. The second-order valence-electron chi connectivity index (χ2n) is 3.26. The molecule has 0 spiro atoms. The Morgan fingerprint density at radius 2 is 2.20 bits per heavy atom. The average molecular weight is 202 g/mol. The molecule has 0 radical (unpaired) electrons. The summed E-state index contributed by atoms with van der Waals surface area (Å²) in [6.07, 6.45) is 0. The molecule has 0 aliphatic carbocycles. The van der Waals surface area contributed by atoms with Crippen molar-refractivity contribution in [2.45, 2.75) is 6.54 Å². The van der Waals surface area contributed by atoms with Crippen LogP contribution >= 0.6 is 0 Å². The molecule has 1 heterocycles. The van der Waals surface area contributed by atoms with Gasteiger partial charge in [0.05, 0.1) is 11.6 Å². The van der Waals surface area contributed by atoms with E-state index in [0.29, 0.717) is 17.7 Å². The lowest BCUT2D eigenvalue weighted by Crippen LogP contribution is -2.33. The van der Waals surface area contributed by atoms with Crippen molar-refractivity contribution in [2.24, 2.45) is 0 Å². The van der Waals surface area contributed by atoms with E-state index in [1.54, 1.807) is 0 Å². The Labute approximate surface area is 86.1 Å². The van der Waals surface area contributed by atoms with Gasteiger partial charge < -0.3 is 15.4 Å². The van der Waals surface area contributed by atoms with Crippen LogP contribution in [0.25, 0.3) is 0 Å². The van der Waals surface area contributed by atoms with Crippen LogP contribution in [-0.2, 0) is 6.54 Å². The summed E-state index contributed by atoms with van der Waals surface area (Å²) in [4.78, 5) is 11.3. The molecule has 1 aliphatic heterocycles. The Bertz CT molecular complexity index is 479. The van der Waals surface area contributed by atoms with E-state index in [1.807, 2.05) is 6.07 Å². The van der Waals surface area contributed by atoms with Crippen LogP contribution in [0.1, 0.15) is 21.5 Å². The number of rotatable bonds is 1. The number of carbonyl (C=O) groups excluding carboxylic acids is 1. The molecule has 6 heteroatoms. The third kappa shape index (κ3) is 1.48. The van der Waals surface area contributed by atoms with E-state index in [4.69, 9.17) is 15.3 Å². The number of benzene rings is 1. The van der Waals surface area contributed by atoms with E-state index in [1.165, 1.54) is 12.1 Å². The van der Waals surface area contributed by atoms with Gasteiger partial charge in [-0.2, -0.15) is 5.26 Å². The zero-order valence-corrected chi connectivity index (χ0v) is 7.69. The van der Waals surface area contributed by atoms with Gasteiger partial charge in [0.15, 0.2) is 0 Å². The van der Waals surface area contributed by atoms with Crippen molar-refractivity contribution >= 4 is 18.5 Å². The van der Waals surface area contributed by atoms with Crippen molar-refractivity contribution in [3.8, 4) is 6.07 Å². The van der Waals surface area contributed by atoms with Crippen LogP contribution in [0, 0.1) is 11.3 Å². The third-order valence-electron chi connectivity index (χ3n) is 2.36. The molecule has 1 amide bonds. The van der Waals surface area contributed by atoms with Gasteiger partial charge in [0, 0.05) is 17.6 Å². The maximum atomic E-state index is 11.3. The van der Waals surface area contributed by atoms with Crippen molar-refractivity contribution in [1.29, 1.82) is 5.26 Å². The Morgan fingerprint density at radius 3 is 2.80 bits per heavy atom. The molecule has 0 bridgehead atoms. The lowest BCUT2D eigenvalue weighted by Gasteiger charge is -2.04. The summed E-state index contributed by atoms with van der Waals surface area (Å²) in [6.45, 7) is 0.380. The smallest absolute Gasteiger partial charge is 0.423 e. The predicted molar refractivity (Wildman–Crippen MR) is 52.2 cm³/mol. The monoisotopic (exact) mass is 202 g/mol. The van der Waals surface area contributed by atoms with Crippen LogP contribution in [-0.4, -0.2) is 23.1 Å². The molecule has 0 fully saturated rings. The van der Waals surface area contributed by atoms with Gasteiger partial charge in [-0.3, -0.25) is 4.79 Å². The molecule has 1 aliphatic rings. The summed E-state index contributed by atoms with van der Waals surface area (Å²) in [6, 6.07) is 4.71. The molecule has 0 atom stereocenters. The largest absolute Gasteiger partial charge is 0.489 e. The number of nitrogens with one attached hydrogen (secondary N) is 1. The fourth-order valence-electron chi connectivity index (χ4n) is 1.60. The first-order chi connectivity index (χ1) is 7.13. The molecular weight excluding hydrogens is 195 g/mol. The highest BCUT2D eigenvalue weighted by molar-refractivity contribution is 6.59. The van der Waals surface area contributed by atoms with Gasteiger partial charge in [-0.1, -0.05) is 0 Å². The normalized spacial score (nSPS) is 13.0. The van der Waals surface area contributed by atoms with Crippen LogP contribution in [0.15, 0.2) is 12.1 Å². The van der Waals surface area contributed by atoms with Crippen LogP contribution in [0.2, 0.25) is 0 Å². The van der Waals surface area contributed by atoms with Gasteiger partial charge in [0.25, 0.3) is 5.91 Å². The van der Waals surface area contributed by atoms with E-state index in [2.05, 4.69) is 5.32 Å². The van der Waals surface area contributed by atoms with Crippen molar-refractivity contribution in [3.63, 3.8) is 0 Å². The summed E-state index contributed by atoms with van der Waals surface area (Å²) in [5.74, 6) is -0.253. The maximum Gasteiger partial charge on any atom is 0.489 e. The highest BCUT2D eigenvalue weighted by Crippen LogP contribution is 2.15. The summed E-state index contributed by atoms with van der Waals surface area (Å²) >= 11 is 0. The molecule has 74 valence electrons. The average Bonchev–Trinajstić information content (AvgIpc) is 2.58. The number of nitriles is 1. The molecular formula is C9H7BN2O3. The second-order valence-corrected chi connectivity index (χ2v) is 3.26. The van der Waals surface area contributed by atoms with Crippen molar-refractivity contribution < 1.29 is 14.8 Å². The van der Waals surface area contributed by atoms with E-state index < -0.39 is 7.12 Å². The molecule has 0 aromatic heterocycles. The lowest BCUT2D eigenvalue weighted by molar-refractivity contribution is 0.0966. The topological polar surface area (TPSA) is 93.3 Å². The third-order valence-corrected chi connectivity index (χ3v) is 2.36. The number of amides is 1. The molecule has 1 aromatic rings. The fraction of sp³-hybridized carbons (Fsp3) is 0.111. The second kappa shape index (κ2) is 3.39. The van der Waals surface area contributed by atoms with Gasteiger partial charge >= 0.3 is 7.12 Å². The molecule has 3 N–H and O–H groups in total. The van der Waals surface area contributed by atoms with E-state index in [0.717, 1.165) is 0 Å². The number of hydrogen-bond acceptors (Lipinski definition) is 4. The van der Waals surface area contributed by atoms with Gasteiger partial charge in [-0.15, -0.1) is 0 Å². The van der Waals surface area contributed by atoms with Gasteiger partial charge in [-0.25, -0.2) is 0 Å². The van der Waals surface area contributed by atoms with E-state index >= 15 is 0 Å². The zero-order valence-electron chi connectivity index (χ0n) is 7.69. The molecule has 1 aromatic carbocycles. The Balaban J connectivity index is 2.63. The summed E-state index contributed by atoms with van der Waals surface area (Å²) < 4.78 is 0. The Morgan fingerprint density at radius 1 is 1.47 bits per heavy atom. The summed E-state index contributed by atoms with van der Waals surface area (Å²) in [5.41, 5.74) is 1.35. The first kappa shape index (κ1) is 9.71. The van der Waals surface area contributed by atoms with E-state index in [-0.39, 0.29) is 16.9 Å². The number of hydrogen-bond donors (Lipinski definition) is 3. The number of fused-ring (bicyclic) bond motifs is 1. The summed E-state index contributed by atoms with van der Waals surface area (Å²) in [5, 5.41) is 29.4. The lowest BCUT2D eigenvalue weighted by atomic mass is 9.76. The van der Waals surface area contributed by atoms with E-state index in [9.17, 15) is 4.79 Å². The predicted octanol–water partition coefficient (Wildman–Crippen LogP) is -1.52. The first-order valence-electron chi connectivity index (χ1n) is 4.34. The van der Waals surface area contributed by atoms with Gasteiger partial charge in [0.2, 0.25) is 0 Å². The Hall–Kier alpha value is -1.84. The van der Waals surface area contributed by atoms with Crippen LogP contribution in [0.4, 0.5) is 0 Å². The minimum atomic E-state index is -1.74. The highest BCUT2D eigenvalue weighted by Gasteiger charge is 2.25. The van der Waals surface area contributed by atoms with Crippen molar-refractivity contribution in [1.82, 2.24) is 5.32 Å². The number of carbonyl (C=O) groups is 1. The minimum Gasteiger partial charge on any atom is -0.423 e. The fourth-order valence-corrected chi connectivity index (χ4v) is 1.60. The zero-order chi connectivity index (χ0) is 11.0. The first-order valence-corrected chi connectivity index (χ1v) is 4.34. The quantitative estimate of drug-likeness (QED) is 0.482. The van der Waals surface area contributed by atoms with Crippen molar-refractivity contribution in [2.75, 3.05) is 0 Å². The highest BCUT2D eigenvalue weighted by atomic mass is 16.4. The molecule has 2 rings (SSSR count). The molecule has 5 nitrogen and oxygen atoms in total. The molecule has 0 saturated carbocycles. The van der Waals surface area contributed by atoms with Crippen LogP contribution in [0.3, 0.4) is 0 Å². The summed E-state index contributed by atoms with van der Waals surface area (Å²) in [7, 11) is -1.74. The van der Waals surface area contributed by atoms with Crippen LogP contribution in [0.5, 0.6) is 0 Å². The molecule has 0 unspecified atom stereocenters. The van der Waals surface area contributed by atoms with Crippen molar-refractivity contribution in [3.05, 3.63) is 28.8 Å². The van der Waals surface area contributed by atoms with Gasteiger partial charge in [0.1, 0.15) is 0 Å².